The van der Waals surface area contributed by atoms with Crippen molar-refractivity contribution in [1.29, 1.82) is 0 Å². The number of hydrogen-bond acceptors (Lipinski definition) is 3. The van der Waals surface area contributed by atoms with E-state index >= 15 is 0 Å². The molecule has 1 N–H and O–H groups in total. The van der Waals surface area contributed by atoms with Gasteiger partial charge in [0.1, 0.15) is 0 Å². The molecule has 0 radical (unpaired) electrons. The molecule has 1 aliphatic rings. The lowest BCUT2D eigenvalue weighted by molar-refractivity contribution is -0.140. The maximum Gasteiger partial charge on any atom is 0.305 e. The van der Waals surface area contributed by atoms with Crippen LogP contribution in [0.1, 0.15) is 45.4 Å². The monoisotopic (exact) mass is 216 g/mol. The van der Waals surface area contributed by atoms with Gasteiger partial charge in [0.25, 0.3) is 0 Å². The van der Waals surface area contributed by atoms with E-state index in [1.165, 1.54) is 20.0 Å². The molecule has 0 amide bonds. The predicted octanol–water partition coefficient (Wildman–Crippen LogP) is 2.22. The van der Waals surface area contributed by atoms with Crippen molar-refractivity contribution in [2.24, 2.45) is 5.92 Å². The van der Waals surface area contributed by atoms with Gasteiger partial charge in [-0.3, -0.25) is 9.59 Å². The van der Waals surface area contributed by atoms with Crippen LogP contribution in [-0.4, -0.2) is 24.2 Å². The molecule has 1 aliphatic carbocycles. The number of ether oxygens (including phenoxy) is 1. The fourth-order valence-electron chi connectivity index (χ4n) is 1.61. The Morgan fingerprint density at radius 3 is 2.13 bits per heavy atom. The van der Waals surface area contributed by atoms with Crippen LogP contribution < -0.4 is 0 Å². The molecule has 0 aromatic heterocycles. The summed E-state index contributed by atoms with van der Waals surface area (Å²) >= 11 is 0. The van der Waals surface area contributed by atoms with Gasteiger partial charge in [0.15, 0.2) is 0 Å². The van der Waals surface area contributed by atoms with E-state index in [0.29, 0.717) is 18.8 Å². The minimum atomic E-state index is -0.637. The van der Waals surface area contributed by atoms with E-state index in [1.54, 1.807) is 6.92 Å². The second kappa shape index (κ2) is 8.26. The van der Waals surface area contributed by atoms with E-state index in [4.69, 9.17) is 5.11 Å². The van der Waals surface area contributed by atoms with Crippen LogP contribution in [0.5, 0.6) is 0 Å². The molecular weight excluding hydrogens is 196 g/mol. The number of hydrogen-bond donors (Lipinski definition) is 1. The van der Waals surface area contributed by atoms with Crippen molar-refractivity contribution < 1.29 is 19.4 Å². The lowest BCUT2D eigenvalue weighted by Crippen LogP contribution is -2.02. The largest absolute Gasteiger partial charge is 0.481 e. The highest BCUT2D eigenvalue weighted by molar-refractivity contribution is 5.68. The number of carboxylic acid groups (broad SMARTS) is 1. The van der Waals surface area contributed by atoms with Crippen molar-refractivity contribution in [1.82, 2.24) is 0 Å². The Balaban J connectivity index is 0.000000288. The Hall–Kier alpha value is -1.06. The van der Waals surface area contributed by atoms with Gasteiger partial charge in [0.2, 0.25) is 0 Å². The van der Waals surface area contributed by atoms with Crippen molar-refractivity contribution in [3.63, 3.8) is 0 Å². The molecule has 0 spiro atoms. The summed E-state index contributed by atoms with van der Waals surface area (Å²) < 4.78 is 4.26. The summed E-state index contributed by atoms with van der Waals surface area (Å²) in [5, 5.41) is 8.37. The number of esters is 1. The summed E-state index contributed by atoms with van der Waals surface area (Å²) in [6, 6.07) is 0. The Bertz CT molecular complexity index is 189. The van der Waals surface area contributed by atoms with E-state index in [-0.39, 0.29) is 5.97 Å². The lowest BCUT2D eigenvalue weighted by Gasteiger charge is -2.01. The zero-order valence-electron chi connectivity index (χ0n) is 9.49. The van der Waals surface area contributed by atoms with Crippen LogP contribution in [0.4, 0.5) is 0 Å². The first kappa shape index (κ1) is 13.9. The van der Waals surface area contributed by atoms with Gasteiger partial charge in [-0.2, -0.15) is 0 Å². The van der Waals surface area contributed by atoms with Crippen LogP contribution in [-0.2, 0) is 14.3 Å². The van der Waals surface area contributed by atoms with Crippen LogP contribution >= 0.6 is 0 Å². The van der Waals surface area contributed by atoms with Gasteiger partial charge >= 0.3 is 11.9 Å². The summed E-state index contributed by atoms with van der Waals surface area (Å²) in [6.45, 7) is 1.76. The molecular formula is C11H20O4. The third-order valence-electron chi connectivity index (χ3n) is 2.45. The molecule has 15 heavy (non-hydrogen) atoms. The molecule has 0 heterocycles. The van der Waals surface area contributed by atoms with Crippen LogP contribution in [0, 0.1) is 5.92 Å². The van der Waals surface area contributed by atoms with Crippen molar-refractivity contribution in [2.75, 3.05) is 7.11 Å². The Morgan fingerprint density at radius 2 is 1.87 bits per heavy atom. The van der Waals surface area contributed by atoms with Crippen LogP contribution in [0.15, 0.2) is 0 Å². The average molecular weight is 216 g/mol. The zero-order valence-corrected chi connectivity index (χ0v) is 9.49. The van der Waals surface area contributed by atoms with Gasteiger partial charge in [-0.15, -0.1) is 0 Å². The van der Waals surface area contributed by atoms with Gasteiger partial charge in [-0.25, -0.2) is 0 Å². The second-order valence-corrected chi connectivity index (χ2v) is 3.68. The minimum Gasteiger partial charge on any atom is -0.481 e. The van der Waals surface area contributed by atoms with E-state index < -0.39 is 5.97 Å². The van der Waals surface area contributed by atoms with Crippen LogP contribution in [0.3, 0.4) is 0 Å². The molecule has 0 aromatic rings. The molecule has 0 saturated heterocycles. The van der Waals surface area contributed by atoms with Gasteiger partial charge in [-0.05, 0) is 18.8 Å². The zero-order chi connectivity index (χ0) is 11.7. The molecule has 0 aromatic carbocycles. The number of carbonyl (C=O) groups is 2. The molecule has 0 atom stereocenters. The molecule has 4 nitrogen and oxygen atoms in total. The summed E-state index contributed by atoms with van der Waals surface area (Å²) in [7, 11) is 1.38. The molecule has 1 saturated carbocycles. The number of carboxylic acids is 1. The smallest absolute Gasteiger partial charge is 0.305 e. The Kier molecular flexibility index (Phi) is 7.68. The van der Waals surface area contributed by atoms with Crippen molar-refractivity contribution in [2.45, 2.75) is 45.4 Å². The number of carbonyl (C=O) groups excluding carboxylic acids is 1. The van der Waals surface area contributed by atoms with Crippen LogP contribution in [0.2, 0.25) is 0 Å². The van der Waals surface area contributed by atoms with Gasteiger partial charge < -0.3 is 9.84 Å². The highest BCUT2D eigenvalue weighted by Crippen LogP contribution is 2.27. The fourth-order valence-corrected chi connectivity index (χ4v) is 1.61. The Morgan fingerprint density at radius 1 is 1.33 bits per heavy atom. The molecule has 0 aliphatic heterocycles. The van der Waals surface area contributed by atoms with Gasteiger partial charge in [-0.1, -0.05) is 19.8 Å². The third-order valence-corrected chi connectivity index (χ3v) is 2.45. The number of methoxy groups -OCH3 is 1. The first-order valence-electron chi connectivity index (χ1n) is 5.38. The number of aliphatic carboxylic acids is 1. The van der Waals surface area contributed by atoms with E-state index in [0.717, 1.165) is 12.8 Å². The highest BCUT2D eigenvalue weighted by atomic mass is 16.5. The van der Waals surface area contributed by atoms with Crippen molar-refractivity contribution >= 4 is 11.9 Å². The topological polar surface area (TPSA) is 63.6 Å². The summed E-state index contributed by atoms with van der Waals surface area (Å²) in [6.07, 6.45) is 5.59. The Labute approximate surface area is 90.6 Å². The van der Waals surface area contributed by atoms with Gasteiger partial charge in [0, 0.05) is 12.8 Å². The quantitative estimate of drug-likeness (QED) is 0.735. The fraction of sp³-hybridized carbons (Fsp3) is 0.818. The van der Waals surface area contributed by atoms with Crippen molar-refractivity contribution in [3.05, 3.63) is 0 Å². The first-order valence-corrected chi connectivity index (χ1v) is 5.38. The molecule has 88 valence electrons. The molecule has 0 unspecified atom stereocenters. The molecule has 1 fully saturated rings. The van der Waals surface area contributed by atoms with E-state index in [2.05, 4.69) is 4.74 Å². The van der Waals surface area contributed by atoms with E-state index in [1.807, 2.05) is 0 Å². The van der Waals surface area contributed by atoms with Crippen LogP contribution in [0.25, 0.3) is 0 Å². The normalized spacial score (nSPS) is 15.3. The average Bonchev–Trinajstić information content (AvgIpc) is 2.69. The molecule has 1 rings (SSSR count). The summed E-state index contributed by atoms with van der Waals surface area (Å²) in [5.74, 6) is -0.306. The van der Waals surface area contributed by atoms with Gasteiger partial charge in [0.05, 0.1) is 7.11 Å². The third kappa shape index (κ3) is 7.97. The molecule has 4 heteroatoms. The van der Waals surface area contributed by atoms with Crippen molar-refractivity contribution in [3.8, 4) is 0 Å². The lowest BCUT2D eigenvalue weighted by atomic mass is 10.1. The molecule has 0 bridgehead atoms. The highest BCUT2D eigenvalue weighted by Gasteiger charge is 2.17. The second-order valence-electron chi connectivity index (χ2n) is 3.68. The SMILES string of the molecule is CCC(=O)OC.O=C(O)CC1CCCC1. The standard InChI is InChI=1S/C7H12O2.C4H8O2/c8-7(9)5-6-3-1-2-4-6;1-3-4(5)6-2/h6H,1-5H2,(H,8,9);3H2,1-2H3. The number of rotatable bonds is 3. The van der Waals surface area contributed by atoms with E-state index in [9.17, 15) is 9.59 Å². The predicted molar refractivity (Wildman–Crippen MR) is 56.5 cm³/mol. The minimum absolute atomic E-state index is 0.157. The maximum absolute atomic E-state index is 10.2. The first-order chi connectivity index (χ1) is 7.10. The summed E-state index contributed by atoms with van der Waals surface area (Å²) in [4.78, 5) is 20.1. The summed E-state index contributed by atoms with van der Waals surface area (Å²) in [5.41, 5.74) is 0. The maximum atomic E-state index is 10.2.